The average Bonchev–Trinajstić information content (AvgIpc) is 2.43. The number of H-pyrrole nitrogens is 1. The molecule has 0 aromatic carbocycles. The van der Waals surface area contributed by atoms with E-state index in [2.05, 4.69) is 10.3 Å². The van der Waals surface area contributed by atoms with Crippen LogP contribution in [-0.2, 0) is 4.79 Å². The molecule has 0 aliphatic carbocycles. The van der Waals surface area contributed by atoms with Gasteiger partial charge in [0.1, 0.15) is 10.8 Å². The molecule has 3 N–H and O–H groups in total. The van der Waals surface area contributed by atoms with Gasteiger partial charge in [0.05, 0.1) is 11.4 Å². The predicted octanol–water partition coefficient (Wildman–Crippen LogP) is 2.30. The van der Waals surface area contributed by atoms with E-state index in [4.69, 9.17) is 28.3 Å². The molecule has 1 heterocycles. The summed E-state index contributed by atoms with van der Waals surface area (Å²) >= 11 is 11.4. The summed E-state index contributed by atoms with van der Waals surface area (Å²) in [6, 6.07) is 1.38. The zero-order chi connectivity index (χ0) is 13.2. The third-order valence-corrected chi connectivity index (χ3v) is 2.71. The lowest BCUT2D eigenvalue weighted by molar-refractivity contribution is -0.138. The number of carbonyl (C=O) groups excluding carboxylic acids is 1. The number of aromatic nitrogens is 1. The summed E-state index contributed by atoms with van der Waals surface area (Å²) in [5.74, 6) is -1.44. The maximum absolute atomic E-state index is 11.8. The van der Waals surface area contributed by atoms with Crippen molar-refractivity contribution in [2.24, 2.45) is 0 Å². The van der Waals surface area contributed by atoms with Gasteiger partial charge in [-0.05, 0) is 19.9 Å². The largest absolute Gasteiger partial charge is 0.481 e. The van der Waals surface area contributed by atoms with Gasteiger partial charge in [-0.2, -0.15) is 0 Å². The summed E-state index contributed by atoms with van der Waals surface area (Å²) in [7, 11) is 0. The highest BCUT2D eigenvalue weighted by atomic mass is 35.5. The third-order valence-electron chi connectivity index (χ3n) is 2.01. The van der Waals surface area contributed by atoms with Crippen LogP contribution in [0.3, 0.4) is 0 Å². The Morgan fingerprint density at radius 3 is 2.47 bits per heavy atom. The SMILES string of the molecule is CC(C)(CC(=O)O)NC(=O)c1cc(Cl)c(Cl)[nH]1. The molecule has 7 heteroatoms. The Morgan fingerprint density at radius 1 is 1.47 bits per heavy atom. The second-order valence-electron chi connectivity index (χ2n) is 4.25. The number of rotatable bonds is 4. The first kappa shape index (κ1) is 13.9. The van der Waals surface area contributed by atoms with Crippen molar-refractivity contribution >= 4 is 35.1 Å². The predicted molar refractivity (Wildman–Crippen MR) is 64.6 cm³/mol. The summed E-state index contributed by atoms with van der Waals surface area (Å²) < 4.78 is 0. The summed E-state index contributed by atoms with van der Waals surface area (Å²) in [5.41, 5.74) is -0.661. The zero-order valence-corrected chi connectivity index (χ0v) is 10.8. The van der Waals surface area contributed by atoms with Crippen LogP contribution in [0.15, 0.2) is 6.07 Å². The number of aromatic amines is 1. The van der Waals surface area contributed by atoms with Gasteiger partial charge in [-0.3, -0.25) is 9.59 Å². The Morgan fingerprint density at radius 2 is 2.06 bits per heavy atom. The number of carboxylic acid groups (broad SMARTS) is 1. The molecule has 1 aromatic rings. The van der Waals surface area contributed by atoms with Crippen LogP contribution in [-0.4, -0.2) is 27.5 Å². The van der Waals surface area contributed by atoms with Crippen molar-refractivity contribution < 1.29 is 14.7 Å². The van der Waals surface area contributed by atoms with E-state index < -0.39 is 17.4 Å². The fraction of sp³-hybridized carbons (Fsp3) is 0.400. The van der Waals surface area contributed by atoms with Crippen molar-refractivity contribution in [3.8, 4) is 0 Å². The van der Waals surface area contributed by atoms with Crippen LogP contribution in [0, 0.1) is 0 Å². The standard InChI is InChI=1S/C10H12Cl2N2O3/c1-10(2,4-7(15)16)14-9(17)6-3-5(11)8(12)13-6/h3,13H,4H2,1-2H3,(H,14,17)(H,15,16). The van der Waals surface area contributed by atoms with Gasteiger partial charge < -0.3 is 15.4 Å². The van der Waals surface area contributed by atoms with Gasteiger partial charge in [0.15, 0.2) is 0 Å². The minimum Gasteiger partial charge on any atom is -0.481 e. The lowest BCUT2D eigenvalue weighted by Crippen LogP contribution is -2.45. The van der Waals surface area contributed by atoms with E-state index in [9.17, 15) is 9.59 Å². The summed E-state index contributed by atoms with van der Waals surface area (Å²) in [4.78, 5) is 24.9. The maximum Gasteiger partial charge on any atom is 0.305 e. The Labute approximate surface area is 108 Å². The Balaban J connectivity index is 2.75. The van der Waals surface area contributed by atoms with Gasteiger partial charge in [0.25, 0.3) is 5.91 Å². The minimum absolute atomic E-state index is 0.174. The van der Waals surface area contributed by atoms with Crippen LogP contribution in [0.4, 0.5) is 0 Å². The highest BCUT2D eigenvalue weighted by Crippen LogP contribution is 2.22. The molecule has 0 aliphatic rings. The lowest BCUT2D eigenvalue weighted by Gasteiger charge is -2.23. The van der Waals surface area contributed by atoms with E-state index in [1.807, 2.05) is 0 Å². The highest BCUT2D eigenvalue weighted by Gasteiger charge is 2.25. The molecule has 94 valence electrons. The van der Waals surface area contributed by atoms with Crippen molar-refractivity contribution in [3.05, 3.63) is 21.9 Å². The first-order valence-electron chi connectivity index (χ1n) is 4.79. The molecule has 0 atom stereocenters. The number of carbonyl (C=O) groups is 2. The molecule has 0 unspecified atom stereocenters. The van der Waals surface area contributed by atoms with E-state index in [-0.39, 0.29) is 22.3 Å². The van der Waals surface area contributed by atoms with E-state index in [1.54, 1.807) is 13.8 Å². The molecule has 0 bridgehead atoms. The Bertz CT molecular complexity index is 435. The van der Waals surface area contributed by atoms with Crippen LogP contribution in [0.2, 0.25) is 10.2 Å². The monoisotopic (exact) mass is 278 g/mol. The number of hydrogen-bond donors (Lipinski definition) is 3. The molecule has 0 aliphatic heterocycles. The molecule has 1 aromatic heterocycles. The number of hydrogen-bond acceptors (Lipinski definition) is 2. The molecule has 0 fully saturated rings. The van der Waals surface area contributed by atoms with Crippen molar-refractivity contribution in [2.45, 2.75) is 25.8 Å². The number of halogens is 2. The number of carboxylic acids is 1. The van der Waals surface area contributed by atoms with Crippen molar-refractivity contribution in [3.63, 3.8) is 0 Å². The van der Waals surface area contributed by atoms with Gasteiger partial charge in [0, 0.05) is 5.54 Å². The number of aliphatic carboxylic acids is 1. The Kier molecular flexibility index (Phi) is 4.06. The number of nitrogens with one attached hydrogen (secondary N) is 2. The molecular weight excluding hydrogens is 267 g/mol. The van der Waals surface area contributed by atoms with Gasteiger partial charge in [-0.25, -0.2) is 0 Å². The zero-order valence-electron chi connectivity index (χ0n) is 9.30. The first-order valence-corrected chi connectivity index (χ1v) is 5.55. The topological polar surface area (TPSA) is 82.2 Å². The van der Waals surface area contributed by atoms with Crippen molar-refractivity contribution in [2.75, 3.05) is 0 Å². The quantitative estimate of drug-likeness (QED) is 0.790. The third kappa shape index (κ3) is 3.94. The summed E-state index contributed by atoms with van der Waals surface area (Å²) in [5, 5.41) is 11.7. The van der Waals surface area contributed by atoms with E-state index in [0.29, 0.717) is 0 Å². The fourth-order valence-corrected chi connectivity index (χ4v) is 1.64. The molecule has 0 saturated carbocycles. The molecule has 0 spiro atoms. The van der Waals surface area contributed by atoms with Crippen molar-refractivity contribution in [1.29, 1.82) is 0 Å². The van der Waals surface area contributed by atoms with Gasteiger partial charge in [-0.1, -0.05) is 23.2 Å². The minimum atomic E-state index is -0.988. The van der Waals surface area contributed by atoms with E-state index in [1.165, 1.54) is 6.07 Å². The molecule has 0 saturated heterocycles. The van der Waals surface area contributed by atoms with Crippen LogP contribution in [0.5, 0.6) is 0 Å². The molecule has 17 heavy (non-hydrogen) atoms. The second kappa shape index (κ2) is 4.98. The van der Waals surface area contributed by atoms with Crippen molar-refractivity contribution in [1.82, 2.24) is 10.3 Å². The molecule has 5 nitrogen and oxygen atoms in total. The Hall–Kier alpha value is -1.20. The van der Waals surface area contributed by atoms with E-state index in [0.717, 1.165) is 0 Å². The van der Waals surface area contributed by atoms with E-state index >= 15 is 0 Å². The smallest absolute Gasteiger partial charge is 0.305 e. The summed E-state index contributed by atoms with van der Waals surface area (Å²) in [6.07, 6.45) is -0.180. The maximum atomic E-state index is 11.8. The second-order valence-corrected chi connectivity index (χ2v) is 5.04. The molecule has 1 amide bonds. The van der Waals surface area contributed by atoms with Gasteiger partial charge in [0.2, 0.25) is 0 Å². The van der Waals surface area contributed by atoms with Crippen LogP contribution in [0.1, 0.15) is 30.8 Å². The first-order chi connectivity index (χ1) is 7.71. The summed E-state index contributed by atoms with van der Waals surface area (Å²) in [6.45, 7) is 3.23. The van der Waals surface area contributed by atoms with Crippen LogP contribution in [0.25, 0.3) is 0 Å². The number of amides is 1. The molecular formula is C10H12Cl2N2O3. The van der Waals surface area contributed by atoms with Gasteiger partial charge in [-0.15, -0.1) is 0 Å². The van der Waals surface area contributed by atoms with Crippen LogP contribution < -0.4 is 5.32 Å². The van der Waals surface area contributed by atoms with Gasteiger partial charge >= 0.3 is 5.97 Å². The fourth-order valence-electron chi connectivity index (χ4n) is 1.32. The van der Waals surface area contributed by atoms with Crippen LogP contribution >= 0.6 is 23.2 Å². The normalized spacial score (nSPS) is 11.3. The molecule has 0 radical (unpaired) electrons. The molecule has 1 rings (SSSR count). The lowest BCUT2D eigenvalue weighted by atomic mass is 10.0. The highest BCUT2D eigenvalue weighted by molar-refractivity contribution is 6.41. The average molecular weight is 279 g/mol.